The van der Waals surface area contributed by atoms with Crippen LogP contribution in [0.1, 0.15) is 38.3 Å². The van der Waals surface area contributed by atoms with Gasteiger partial charge in [0, 0.05) is 19.0 Å². The van der Waals surface area contributed by atoms with Crippen molar-refractivity contribution in [3.8, 4) is 28.7 Å². The van der Waals surface area contributed by atoms with Crippen molar-refractivity contribution < 1.29 is 4.74 Å². The Balaban J connectivity index is 1.55. The number of nitrogens with zero attached hydrogens (tertiary/aromatic N) is 1. The third-order valence-corrected chi connectivity index (χ3v) is 6.13. The second-order valence-electron chi connectivity index (χ2n) is 7.98. The largest absolute Gasteiger partial charge is 0.489 e. The fraction of sp³-hybridized carbons (Fsp3) is 0.310. The number of likely N-dealkylation sites (N-methyl/N-ethyl adjacent to an activating group) is 1. The van der Waals surface area contributed by atoms with Crippen molar-refractivity contribution in [2.75, 3.05) is 13.1 Å². The Kier molecular flexibility index (Phi) is 9.62. The fourth-order valence-electron chi connectivity index (χ4n) is 3.29. The Labute approximate surface area is 197 Å². The zero-order valence-electron chi connectivity index (χ0n) is 19.4. The lowest BCUT2D eigenvalue weighted by Crippen LogP contribution is -2.22. The minimum atomic E-state index is 0.461. The highest BCUT2D eigenvalue weighted by atomic mass is 32.1. The summed E-state index contributed by atoms with van der Waals surface area (Å²) in [4.78, 5) is 2.39. The number of benzene rings is 2. The monoisotopic (exact) mass is 443 g/mol. The first-order valence-electron chi connectivity index (χ1n) is 11.4. The van der Waals surface area contributed by atoms with E-state index < -0.39 is 0 Å². The average Bonchev–Trinajstić information content (AvgIpc) is 3.37. The van der Waals surface area contributed by atoms with Gasteiger partial charge in [0.15, 0.2) is 0 Å². The molecule has 3 rings (SSSR count). The topological polar surface area (TPSA) is 12.5 Å². The molecular weight excluding hydrogens is 410 g/mol. The number of rotatable bonds is 10. The highest BCUT2D eigenvalue weighted by Gasteiger charge is 2.05. The molecule has 0 spiro atoms. The molecular formula is C29H33NOS. The molecule has 1 heterocycles. The Hall–Kier alpha value is -2.80. The molecule has 1 atom stereocenters. The number of allylic oxidation sites excluding steroid dienone is 1. The highest BCUT2D eigenvalue weighted by molar-refractivity contribution is 7.08. The van der Waals surface area contributed by atoms with E-state index in [1.54, 1.807) is 11.3 Å². The van der Waals surface area contributed by atoms with E-state index in [0.29, 0.717) is 12.5 Å². The summed E-state index contributed by atoms with van der Waals surface area (Å²) in [6.45, 7) is 9.87. The first kappa shape index (κ1) is 23.9. The van der Waals surface area contributed by atoms with E-state index in [9.17, 15) is 0 Å². The smallest absolute Gasteiger partial charge is 0.120 e. The van der Waals surface area contributed by atoms with Gasteiger partial charge >= 0.3 is 0 Å². The lowest BCUT2D eigenvalue weighted by atomic mass is 10.1. The van der Waals surface area contributed by atoms with Gasteiger partial charge in [0.2, 0.25) is 0 Å². The summed E-state index contributed by atoms with van der Waals surface area (Å²) in [7, 11) is 0. The second-order valence-corrected chi connectivity index (χ2v) is 8.76. The first-order valence-corrected chi connectivity index (χ1v) is 12.3. The van der Waals surface area contributed by atoms with Crippen LogP contribution in [-0.2, 0) is 13.2 Å². The zero-order chi connectivity index (χ0) is 22.6. The maximum atomic E-state index is 6.12. The first-order chi connectivity index (χ1) is 15.7. The van der Waals surface area contributed by atoms with E-state index >= 15 is 0 Å². The highest BCUT2D eigenvalue weighted by Crippen LogP contribution is 2.24. The second kappa shape index (κ2) is 12.9. The molecule has 0 amide bonds. The average molecular weight is 444 g/mol. The summed E-state index contributed by atoms with van der Waals surface area (Å²) in [5.41, 5.74) is 4.94. The summed E-state index contributed by atoms with van der Waals surface area (Å²) < 4.78 is 6.12. The summed E-state index contributed by atoms with van der Waals surface area (Å²) in [5.74, 6) is 7.78. The molecule has 0 N–H and O–H groups in total. The molecule has 32 heavy (non-hydrogen) atoms. The van der Waals surface area contributed by atoms with Crippen molar-refractivity contribution >= 4 is 11.3 Å². The number of ether oxygens (including phenoxy) is 1. The van der Waals surface area contributed by atoms with E-state index in [2.05, 4.69) is 103 Å². The molecule has 0 saturated carbocycles. The van der Waals surface area contributed by atoms with Crippen LogP contribution < -0.4 is 4.74 Å². The lowest BCUT2D eigenvalue weighted by molar-refractivity contribution is 0.299. The van der Waals surface area contributed by atoms with Crippen molar-refractivity contribution in [2.24, 2.45) is 5.92 Å². The van der Waals surface area contributed by atoms with Crippen LogP contribution in [0.4, 0.5) is 0 Å². The molecule has 0 saturated heterocycles. The predicted molar refractivity (Wildman–Crippen MR) is 138 cm³/mol. The Morgan fingerprint density at radius 3 is 2.66 bits per heavy atom. The fourth-order valence-corrected chi connectivity index (χ4v) is 3.95. The summed E-state index contributed by atoms with van der Waals surface area (Å²) in [6, 6.07) is 19.2. The van der Waals surface area contributed by atoms with Crippen molar-refractivity contribution in [1.82, 2.24) is 4.90 Å². The summed E-state index contributed by atoms with van der Waals surface area (Å²) in [6.07, 6.45) is 5.23. The van der Waals surface area contributed by atoms with Crippen LogP contribution in [0.3, 0.4) is 0 Å². The Bertz CT molecular complexity index is 1040. The van der Waals surface area contributed by atoms with Crippen molar-refractivity contribution in [1.29, 1.82) is 0 Å². The van der Waals surface area contributed by atoms with Crippen LogP contribution in [0, 0.1) is 17.8 Å². The van der Waals surface area contributed by atoms with Crippen LogP contribution in [0.25, 0.3) is 11.1 Å². The van der Waals surface area contributed by atoms with Crippen molar-refractivity contribution in [3.63, 3.8) is 0 Å². The SMILES string of the molecule is CCC(C)C#CC=CCN(CC)Cc1cccc(OCc2cccc(-c3ccsc3)c2)c1. The molecule has 0 bridgehead atoms. The van der Waals surface area contributed by atoms with Crippen LogP contribution >= 0.6 is 11.3 Å². The molecule has 3 heteroatoms. The number of hydrogen-bond donors (Lipinski definition) is 0. The molecule has 0 aliphatic rings. The lowest BCUT2D eigenvalue weighted by Gasteiger charge is -2.19. The molecule has 0 fully saturated rings. The zero-order valence-corrected chi connectivity index (χ0v) is 20.2. The molecule has 3 aromatic rings. The Morgan fingerprint density at radius 2 is 1.88 bits per heavy atom. The van der Waals surface area contributed by atoms with Gasteiger partial charge < -0.3 is 4.74 Å². The minimum absolute atomic E-state index is 0.461. The summed E-state index contributed by atoms with van der Waals surface area (Å²) >= 11 is 1.72. The number of hydrogen-bond acceptors (Lipinski definition) is 3. The van der Waals surface area contributed by atoms with Gasteiger partial charge in [-0.15, -0.1) is 0 Å². The summed E-state index contributed by atoms with van der Waals surface area (Å²) in [5, 5.41) is 4.29. The van der Waals surface area contributed by atoms with Crippen LogP contribution in [0.2, 0.25) is 0 Å². The maximum absolute atomic E-state index is 6.12. The molecule has 2 aromatic carbocycles. The van der Waals surface area contributed by atoms with Crippen LogP contribution in [0.5, 0.6) is 5.75 Å². The third-order valence-electron chi connectivity index (χ3n) is 5.45. The minimum Gasteiger partial charge on any atom is -0.489 e. The van der Waals surface area contributed by atoms with Gasteiger partial charge in [0.25, 0.3) is 0 Å². The van der Waals surface area contributed by atoms with E-state index in [4.69, 9.17) is 4.74 Å². The van der Waals surface area contributed by atoms with E-state index in [-0.39, 0.29) is 0 Å². The van der Waals surface area contributed by atoms with E-state index in [1.807, 2.05) is 12.1 Å². The van der Waals surface area contributed by atoms with Gasteiger partial charge in [0.1, 0.15) is 12.4 Å². The maximum Gasteiger partial charge on any atom is 0.120 e. The van der Waals surface area contributed by atoms with Gasteiger partial charge in [-0.1, -0.05) is 69.0 Å². The van der Waals surface area contributed by atoms with Crippen molar-refractivity contribution in [3.05, 3.63) is 88.6 Å². The van der Waals surface area contributed by atoms with Crippen molar-refractivity contribution in [2.45, 2.75) is 40.3 Å². The van der Waals surface area contributed by atoms with E-state index in [0.717, 1.165) is 31.8 Å². The van der Waals surface area contributed by atoms with Gasteiger partial charge in [-0.25, -0.2) is 0 Å². The van der Waals surface area contributed by atoms with Gasteiger partial charge in [-0.05, 0) is 76.3 Å². The molecule has 166 valence electrons. The van der Waals surface area contributed by atoms with Gasteiger partial charge in [0.05, 0.1) is 0 Å². The Morgan fingerprint density at radius 1 is 1.03 bits per heavy atom. The van der Waals surface area contributed by atoms with E-state index in [1.165, 1.54) is 22.3 Å². The van der Waals surface area contributed by atoms with Crippen LogP contribution in [0.15, 0.2) is 77.5 Å². The molecule has 1 aromatic heterocycles. The third kappa shape index (κ3) is 7.71. The van der Waals surface area contributed by atoms with Gasteiger partial charge in [-0.3, -0.25) is 4.90 Å². The van der Waals surface area contributed by atoms with Crippen LogP contribution in [-0.4, -0.2) is 18.0 Å². The number of thiophene rings is 1. The van der Waals surface area contributed by atoms with Gasteiger partial charge in [-0.2, -0.15) is 11.3 Å². The molecule has 0 aliphatic carbocycles. The quantitative estimate of drug-likeness (QED) is 0.302. The standard InChI is InChI=1S/C29H33NOS/c1-4-24(3)11-7-6-8-17-30(5-2)21-25-12-10-15-29(20-25)31-22-26-13-9-14-27(19-26)28-16-18-32-23-28/h6,8-10,12-16,18-20,23-24H,4-5,17,21-22H2,1-3H3. The predicted octanol–water partition coefficient (Wildman–Crippen LogP) is 7.42. The molecule has 1 unspecified atom stereocenters. The normalized spacial score (nSPS) is 12.0. The molecule has 0 aliphatic heterocycles. The molecule has 2 nitrogen and oxygen atoms in total. The molecule has 0 radical (unpaired) electrons.